The fourth-order valence-corrected chi connectivity index (χ4v) is 3.47. The minimum atomic E-state index is -0.0452. The largest absolute Gasteiger partial charge is 0.396 e. The van der Waals surface area contributed by atoms with Crippen molar-refractivity contribution in [2.45, 2.75) is 38.3 Å². The molecule has 0 saturated carbocycles. The van der Waals surface area contributed by atoms with Crippen LogP contribution >= 0.6 is 0 Å². The van der Waals surface area contributed by atoms with E-state index >= 15 is 0 Å². The van der Waals surface area contributed by atoms with Gasteiger partial charge < -0.3 is 15.7 Å². The molecule has 0 bridgehead atoms. The molecule has 5 nitrogen and oxygen atoms in total. The molecule has 1 amide bonds. The third kappa shape index (κ3) is 4.53. The highest BCUT2D eigenvalue weighted by Gasteiger charge is 2.22. The predicted octanol–water partition coefficient (Wildman–Crippen LogP) is 1.58. The molecule has 0 radical (unpaired) electrons. The number of carbonyl (C=O) groups excluding carboxylic acids is 1. The Kier molecular flexibility index (Phi) is 5.65. The average molecular weight is 317 g/mol. The van der Waals surface area contributed by atoms with E-state index in [0.717, 1.165) is 57.5 Å². The smallest absolute Gasteiger partial charge is 0.241 e. The Morgan fingerprint density at radius 2 is 2.13 bits per heavy atom. The second-order valence-electron chi connectivity index (χ2n) is 6.74. The molecule has 2 aliphatic heterocycles. The molecule has 126 valence electrons. The molecule has 1 aromatic rings. The number of nitrogens with one attached hydrogen (secondary N) is 2. The van der Waals surface area contributed by atoms with Crippen molar-refractivity contribution in [3.8, 4) is 0 Å². The Morgan fingerprint density at radius 1 is 1.30 bits per heavy atom. The predicted molar refractivity (Wildman–Crippen MR) is 91.2 cm³/mol. The molecular weight excluding hydrogens is 290 g/mol. The van der Waals surface area contributed by atoms with Crippen LogP contribution in [0.3, 0.4) is 0 Å². The molecule has 2 heterocycles. The van der Waals surface area contributed by atoms with E-state index in [1.807, 2.05) is 12.1 Å². The quantitative estimate of drug-likeness (QED) is 0.771. The monoisotopic (exact) mass is 317 g/mol. The summed E-state index contributed by atoms with van der Waals surface area (Å²) in [4.78, 5) is 14.6. The van der Waals surface area contributed by atoms with Crippen molar-refractivity contribution in [3.05, 3.63) is 29.8 Å². The second-order valence-corrected chi connectivity index (χ2v) is 6.74. The highest BCUT2D eigenvalue weighted by atomic mass is 16.3. The summed E-state index contributed by atoms with van der Waals surface area (Å²) in [6.45, 7) is 4.22. The molecule has 23 heavy (non-hydrogen) atoms. The maximum Gasteiger partial charge on any atom is 0.241 e. The molecule has 0 aromatic heterocycles. The van der Waals surface area contributed by atoms with E-state index in [4.69, 9.17) is 0 Å². The third-order valence-corrected chi connectivity index (χ3v) is 4.94. The Hall–Kier alpha value is -1.43. The molecule has 2 aliphatic rings. The lowest BCUT2D eigenvalue weighted by atomic mass is 9.97. The van der Waals surface area contributed by atoms with Crippen LogP contribution in [-0.4, -0.2) is 48.2 Å². The molecule has 1 atom stereocenters. The third-order valence-electron chi connectivity index (χ3n) is 4.94. The van der Waals surface area contributed by atoms with Gasteiger partial charge in [0.15, 0.2) is 0 Å². The lowest BCUT2D eigenvalue weighted by molar-refractivity contribution is -0.117. The number of amides is 1. The summed E-state index contributed by atoms with van der Waals surface area (Å²) >= 11 is 0. The number of nitrogens with zero attached hydrogens (tertiary/aromatic N) is 1. The van der Waals surface area contributed by atoms with Gasteiger partial charge in [-0.2, -0.15) is 0 Å². The number of aliphatic hydroxyl groups is 1. The number of likely N-dealkylation sites (tertiary alicyclic amines) is 1. The first kappa shape index (κ1) is 16.4. The van der Waals surface area contributed by atoms with Gasteiger partial charge in [0, 0.05) is 18.8 Å². The Labute approximate surface area is 138 Å². The minimum Gasteiger partial charge on any atom is -0.396 e. The molecule has 1 unspecified atom stereocenters. The number of hydrogen-bond acceptors (Lipinski definition) is 4. The van der Waals surface area contributed by atoms with Gasteiger partial charge in [-0.05, 0) is 68.9 Å². The van der Waals surface area contributed by atoms with Crippen LogP contribution in [0.5, 0.6) is 0 Å². The van der Waals surface area contributed by atoms with Crippen molar-refractivity contribution >= 4 is 11.6 Å². The first-order valence-electron chi connectivity index (χ1n) is 8.71. The summed E-state index contributed by atoms with van der Waals surface area (Å²) < 4.78 is 0. The molecule has 3 N–H and O–H groups in total. The van der Waals surface area contributed by atoms with Gasteiger partial charge in [-0.15, -0.1) is 0 Å². The van der Waals surface area contributed by atoms with Crippen molar-refractivity contribution in [2.75, 3.05) is 31.6 Å². The van der Waals surface area contributed by atoms with E-state index in [1.54, 1.807) is 0 Å². The topological polar surface area (TPSA) is 64.6 Å². The summed E-state index contributed by atoms with van der Waals surface area (Å²) in [5, 5.41) is 15.5. The van der Waals surface area contributed by atoms with Crippen molar-refractivity contribution in [3.63, 3.8) is 0 Å². The van der Waals surface area contributed by atoms with Crippen LogP contribution in [0.2, 0.25) is 0 Å². The van der Waals surface area contributed by atoms with Crippen LogP contribution < -0.4 is 10.6 Å². The molecule has 3 rings (SSSR count). The highest BCUT2D eigenvalue weighted by Crippen LogP contribution is 2.20. The molecule has 0 aliphatic carbocycles. The number of benzene rings is 1. The number of anilines is 1. The maximum atomic E-state index is 12.2. The van der Waals surface area contributed by atoms with Crippen molar-refractivity contribution in [1.82, 2.24) is 10.2 Å². The number of rotatable bonds is 5. The van der Waals surface area contributed by atoms with Crippen LogP contribution in [0.25, 0.3) is 0 Å². The van der Waals surface area contributed by atoms with E-state index < -0.39 is 0 Å². The van der Waals surface area contributed by atoms with Gasteiger partial charge in [0.25, 0.3) is 0 Å². The standard InChI is InChI=1S/C18H27N3O2/c22-13-14-6-9-21(10-7-14)12-15-3-1-4-16(11-15)20-18(23)17-5-2-8-19-17/h1,3-4,11,14,17,19,22H,2,5-10,12-13H2,(H,20,23). The van der Waals surface area contributed by atoms with Crippen molar-refractivity contribution in [1.29, 1.82) is 0 Å². The lowest BCUT2D eigenvalue weighted by Gasteiger charge is -2.31. The van der Waals surface area contributed by atoms with Crippen LogP contribution in [0.1, 0.15) is 31.2 Å². The van der Waals surface area contributed by atoms with Gasteiger partial charge in [0.1, 0.15) is 0 Å². The van der Waals surface area contributed by atoms with Gasteiger partial charge in [0.2, 0.25) is 5.91 Å². The number of hydrogen-bond donors (Lipinski definition) is 3. The Bertz CT molecular complexity index is 521. The van der Waals surface area contributed by atoms with E-state index in [9.17, 15) is 9.90 Å². The molecule has 1 aromatic carbocycles. The van der Waals surface area contributed by atoms with Crippen LogP contribution in [0, 0.1) is 5.92 Å². The number of carbonyl (C=O) groups is 1. The molecule has 2 saturated heterocycles. The summed E-state index contributed by atoms with van der Waals surface area (Å²) in [7, 11) is 0. The van der Waals surface area contributed by atoms with E-state index in [0.29, 0.717) is 12.5 Å². The van der Waals surface area contributed by atoms with E-state index in [2.05, 4.69) is 27.7 Å². The first-order chi connectivity index (χ1) is 11.2. The Balaban J connectivity index is 1.54. The van der Waals surface area contributed by atoms with Crippen molar-refractivity contribution < 1.29 is 9.90 Å². The zero-order chi connectivity index (χ0) is 16.1. The van der Waals surface area contributed by atoms with E-state index in [1.165, 1.54) is 5.56 Å². The fourth-order valence-electron chi connectivity index (χ4n) is 3.47. The second kappa shape index (κ2) is 7.90. The maximum absolute atomic E-state index is 12.2. The number of aliphatic hydroxyl groups excluding tert-OH is 1. The van der Waals surface area contributed by atoms with Gasteiger partial charge in [0.05, 0.1) is 6.04 Å². The van der Waals surface area contributed by atoms with Gasteiger partial charge in [-0.1, -0.05) is 12.1 Å². The molecule has 2 fully saturated rings. The molecule has 0 spiro atoms. The summed E-state index contributed by atoms with van der Waals surface area (Å²) in [6.07, 6.45) is 4.13. The Morgan fingerprint density at radius 3 is 2.83 bits per heavy atom. The average Bonchev–Trinajstić information content (AvgIpc) is 3.10. The zero-order valence-electron chi connectivity index (χ0n) is 13.6. The fraction of sp³-hybridized carbons (Fsp3) is 0.611. The summed E-state index contributed by atoms with van der Waals surface area (Å²) in [5.41, 5.74) is 2.11. The van der Waals surface area contributed by atoms with Crippen LogP contribution in [0.15, 0.2) is 24.3 Å². The van der Waals surface area contributed by atoms with Crippen LogP contribution in [-0.2, 0) is 11.3 Å². The van der Waals surface area contributed by atoms with Crippen molar-refractivity contribution in [2.24, 2.45) is 5.92 Å². The lowest BCUT2D eigenvalue weighted by Crippen LogP contribution is -2.35. The highest BCUT2D eigenvalue weighted by molar-refractivity contribution is 5.95. The van der Waals surface area contributed by atoms with Gasteiger partial charge in [-0.25, -0.2) is 0 Å². The van der Waals surface area contributed by atoms with Gasteiger partial charge in [-0.3, -0.25) is 9.69 Å². The molecule has 5 heteroatoms. The zero-order valence-corrected chi connectivity index (χ0v) is 13.6. The summed E-state index contributed by atoms with van der Waals surface area (Å²) in [6, 6.07) is 8.10. The van der Waals surface area contributed by atoms with E-state index in [-0.39, 0.29) is 11.9 Å². The number of piperidine rings is 1. The van der Waals surface area contributed by atoms with Crippen LogP contribution in [0.4, 0.5) is 5.69 Å². The first-order valence-corrected chi connectivity index (χ1v) is 8.71. The summed E-state index contributed by atoms with van der Waals surface area (Å²) in [5.74, 6) is 0.541. The van der Waals surface area contributed by atoms with Gasteiger partial charge >= 0.3 is 0 Å². The normalized spacial score (nSPS) is 23.1. The SMILES string of the molecule is O=C(Nc1cccc(CN2CCC(CO)CC2)c1)C1CCCN1. The minimum absolute atomic E-state index is 0.0452. The molecular formula is C18H27N3O2.